The zero-order valence-corrected chi connectivity index (χ0v) is 44.8. The number of unbranched alkanes of at least 4 members (excludes halogenated alkanes) is 24. The van der Waals surface area contributed by atoms with Crippen molar-refractivity contribution in [3.8, 4) is 0 Å². The van der Waals surface area contributed by atoms with E-state index in [1.807, 2.05) is 0 Å². The molecule has 0 N–H and O–H groups in total. The van der Waals surface area contributed by atoms with Gasteiger partial charge in [-0.2, -0.15) is 0 Å². The number of carboxylic acid groups (broad SMARTS) is 1. The number of esters is 2. The number of hydrogen-bond donors (Lipinski definition) is 0. The smallest absolute Gasteiger partial charge is 0.306 e. The lowest BCUT2D eigenvalue weighted by molar-refractivity contribution is -0.889. The van der Waals surface area contributed by atoms with Crippen molar-refractivity contribution in [3.63, 3.8) is 0 Å². The van der Waals surface area contributed by atoms with Crippen molar-refractivity contribution in [2.75, 3.05) is 41.0 Å². The summed E-state index contributed by atoms with van der Waals surface area (Å²) in [5.41, 5.74) is 0. The molecule has 0 saturated carbocycles. The molecule has 8 nitrogen and oxygen atoms in total. The molecule has 8 heteroatoms. The van der Waals surface area contributed by atoms with Crippen molar-refractivity contribution in [2.24, 2.45) is 0 Å². The number of hydrogen-bond acceptors (Lipinski definition) is 7. The van der Waals surface area contributed by atoms with Crippen LogP contribution in [0.4, 0.5) is 0 Å². The predicted molar refractivity (Wildman–Crippen MR) is 286 cm³/mol. The first-order chi connectivity index (χ1) is 33.1. The van der Waals surface area contributed by atoms with Crippen LogP contribution in [0.25, 0.3) is 0 Å². The fourth-order valence-corrected chi connectivity index (χ4v) is 8.08. The third-order valence-corrected chi connectivity index (χ3v) is 12.4. The lowest BCUT2D eigenvalue weighted by Crippen LogP contribution is -2.55. The van der Waals surface area contributed by atoms with Crippen LogP contribution in [0.3, 0.4) is 0 Å². The summed E-state index contributed by atoms with van der Waals surface area (Å²) in [5.74, 6) is -1.78. The van der Waals surface area contributed by atoms with E-state index >= 15 is 0 Å². The van der Waals surface area contributed by atoms with Gasteiger partial charge >= 0.3 is 11.9 Å². The molecular weight excluding hydrogens is 847 g/mol. The van der Waals surface area contributed by atoms with Crippen LogP contribution in [0.5, 0.6) is 0 Å². The van der Waals surface area contributed by atoms with Gasteiger partial charge < -0.3 is 28.6 Å². The summed E-state index contributed by atoms with van der Waals surface area (Å²) in [7, 11) is 5.41. The number of rotatable bonds is 50. The molecule has 0 fully saturated rings. The van der Waals surface area contributed by atoms with E-state index in [0.717, 1.165) is 70.6 Å². The van der Waals surface area contributed by atoms with Gasteiger partial charge in [0, 0.05) is 19.3 Å². The number of quaternary nitrogens is 1. The zero-order valence-electron chi connectivity index (χ0n) is 44.8. The van der Waals surface area contributed by atoms with E-state index in [-0.39, 0.29) is 42.7 Å². The molecule has 2 atom stereocenters. The average molecular weight is 952 g/mol. The Balaban J connectivity index is 4.25. The first-order valence-corrected chi connectivity index (χ1v) is 28.0. The highest BCUT2D eigenvalue weighted by Gasteiger charge is 2.25. The third-order valence-electron chi connectivity index (χ3n) is 12.4. The summed E-state index contributed by atoms with van der Waals surface area (Å²) in [4.78, 5) is 37.1. The molecule has 0 amide bonds. The minimum atomic E-state index is -1.13. The summed E-state index contributed by atoms with van der Waals surface area (Å²) < 4.78 is 17.2. The molecule has 392 valence electrons. The molecule has 68 heavy (non-hydrogen) atoms. The molecule has 0 saturated heterocycles. The number of likely N-dealkylation sites (N-methyl/N-ethyl adjacent to an activating group) is 1. The number of ether oxygens (including phenoxy) is 3. The number of carbonyl (C=O) groups excluding carboxylic acids is 3. The summed E-state index contributed by atoms with van der Waals surface area (Å²) in [5, 5.41) is 11.7. The van der Waals surface area contributed by atoms with Gasteiger partial charge in [0.1, 0.15) is 12.6 Å². The Morgan fingerprint density at radius 1 is 0.456 bits per heavy atom. The van der Waals surface area contributed by atoms with E-state index in [1.54, 1.807) is 21.1 Å². The van der Waals surface area contributed by atoms with Crippen molar-refractivity contribution in [2.45, 2.75) is 251 Å². The lowest BCUT2D eigenvalue weighted by Gasteiger charge is -2.34. The van der Waals surface area contributed by atoms with Crippen LogP contribution in [0, 0.1) is 0 Å². The molecule has 0 aliphatic heterocycles. The molecule has 0 bridgehead atoms. The maximum absolute atomic E-state index is 12.8. The van der Waals surface area contributed by atoms with E-state index < -0.39 is 18.1 Å². The van der Waals surface area contributed by atoms with Crippen LogP contribution in [-0.4, -0.2) is 75.5 Å². The Hall–Kier alpha value is -3.23. The second-order valence-corrected chi connectivity index (χ2v) is 19.8. The fourth-order valence-electron chi connectivity index (χ4n) is 8.08. The number of carbonyl (C=O) groups is 3. The second-order valence-electron chi connectivity index (χ2n) is 19.8. The largest absolute Gasteiger partial charge is 0.544 e. The van der Waals surface area contributed by atoms with Gasteiger partial charge in [0.15, 0.2) is 6.10 Å². The summed E-state index contributed by atoms with van der Waals surface area (Å²) in [6.45, 7) is 4.53. The molecule has 0 aliphatic rings. The topological polar surface area (TPSA) is 102 Å². The number of carboxylic acids is 1. The van der Waals surface area contributed by atoms with E-state index in [0.29, 0.717) is 19.3 Å². The Kier molecular flexibility index (Phi) is 47.8. The van der Waals surface area contributed by atoms with Crippen LogP contribution in [-0.2, 0) is 28.6 Å². The first-order valence-electron chi connectivity index (χ1n) is 28.0. The van der Waals surface area contributed by atoms with Crippen LogP contribution in [0.2, 0.25) is 0 Å². The molecule has 0 heterocycles. The summed E-state index contributed by atoms with van der Waals surface area (Å²) in [6, 6.07) is -0.736. The SMILES string of the molecule is CC/C=C/C/C=C/C/C=C/C/C=C/C/C=C/C/C=C/CCCCC(=O)OCC(COCCC(C(=O)[O-])[N+](C)(C)C)OC(=O)CCCCCCCCCCCCCCCCCCCCCCCCC. The van der Waals surface area contributed by atoms with Crippen molar-refractivity contribution in [1.29, 1.82) is 0 Å². The van der Waals surface area contributed by atoms with Crippen LogP contribution < -0.4 is 5.11 Å². The Labute approximate surface area is 419 Å². The molecule has 0 aliphatic carbocycles. The highest BCUT2D eigenvalue weighted by molar-refractivity contribution is 5.70. The lowest BCUT2D eigenvalue weighted by atomic mass is 10.0. The molecule has 0 spiro atoms. The van der Waals surface area contributed by atoms with Crippen molar-refractivity contribution >= 4 is 17.9 Å². The Bertz CT molecular complexity index is 1340. The highest BCUT2D eigenvalue weighted by atomic mass is 16.6. The van der Waals surface area contributed by atoms with Gasteiger partial charge in [0.05, 0.1) is 40.3 Å². The standard InChI is InChI=1S/C60H105NO7/c1-6-8-10-12-14-16-18-20-22-24-26-28-29-31-33-35-37-39-41-43-45-47-49-51-59(63)68-56(54-66-53-52-57(60(64)65)61(3,4)5)55-67-58(62)50-48-46-44-42-40-38-36-34-32-30-27-25-23-21-19-17-15-13-11-9-7-2/h9,11,15,17,21,23,27,30,34,36,40,42,56-57H,6-8,10,12-14,16,18-20,22,24-26,28-29,31-33,35,37-39,41,43-55H2,1-5H3/b11-9+,17-15+,23-21+,30-27+,36-34+,42-40+. The van der Waals surface area contributed by atoms with Gasteiger partial charge in [-0.1, -0.05) is 228 Å². The van der Waals surface area contributed by atoms with Crippen LogP contribution in [0.15, 0.2) is 72.9 Å². The maximum atomic E-state index is 12.8. The van der Waals surface area contributed by atoms with Crippen molar-refractivity contribution in [1.82, 2.24) is 0 Å². The predicted octanol–water partition coefficient (Wildman–Crippen LogP) is 15.3. The van der Waals surface area contributed by atoms with Crippen molar-refractivity contribution < 1.29 is 38.2 Å². The van der Waals surface area contributed by atoms with E-state index in [2.05, 4.69) is 86.8 Å². The van der Waals surface area contributed by atoms with Gasteiger partial charge in [-0.3, -0.25) is 9.59 Å². The maximum Gasteiger partial charge on any atom is 0.306 e. The second kappa shape index (κ2) is 50.2. The normalized spacial score (nSPS) is 13.4. The van der Waals surface area contributed by atoms with Gasteiger partial charge in [-0.15, -0.1) is 0 Å². The number of nitrogens with zero attached hydrogens (tertiary/aromatic N) is 1. The first kappa shape index (κ1) is 64.8. The molecule has 0 rings (SSSR count). The third kappa shape index (κ3) is 47.8. The van der Waals surface area contributed by atoms with Gasteiger partial charge in [-0.05, 0) is 64.2 Å². The van der Waals surface area contributed by atoms with E-state index in [9.17, 15) is 19.5 Å². The Morgan fingerprint density at radius 2 is 0.824 bits per heavy atom. The minimum Gasteiger partial charge on any atom is -0.544 e. The summed E-state index contributed by atoms with van der Waals surface area (Å²) in [6.07, 6.45) is 65.2. The number of aliphatic carboxylic acids is 1. The molecule has 0 radical (unpaired) electrons. The molecule has 0 aromatic heterocycles. The Morgan fingerprint density at radius 3 is 1.22 bits per heavy atom. The highest BCUT2D eigenvalue weighted by Crippen LogP contribution is 2.17. The molecule has 0 aromatic carbocycles. The van der Waals surface area contributed by atoms with E-state index in [1.165, 1.54) is 128 Å². The fraction of sp³-hybridized carbons (Fsp3) is 0.750. The molecular formula is C60H105NO7. The average Bonchev–Trinajstić information content (AvgIpc) is 3.30. The van der Waals surface area contributed by atoms with Gasteiger partial charge in [0.25, 0.3) is 0 Å². The molecule has 2 unspecified atom stereocenters. The number of allylic oxidation sites excluding steroid dienone is 12. The quantitative estimate of drug-likeness (QED) is 0.0259. The van der Waals surface area contributed by atoms with Gasteiger partial charge in [0.2, 0.25) is 0 Å². The zero-order chi connectivity index (χ0) is 49.9. The van der Waals surface area contributed by atoms with Gasteiger partial charge in [-0.25, -0.2) is 0 Å². The minimum absolute atomic E-state index is 0.0258. The van der Waals surface area contributed by atoms with Crippen LogP contribution in [0.1, 0.15) is 239 Å². The van der Waals surface area contributed by atoms with Crippen LogP contribution >= 0.6 is 0 Å². The summed E-state index contributed by atoms with van der Waals surface area (Å²) >= 11 is 0. The van der Waals surface area contributed by atoms with Crippen molar-refractivity contribution in [3.05, 3.63) is 72.9 Å². The monoisotopic (exact) mass is 952 g/mol. The molecule has 0 aromatic rings. The van der Waals surface area contributed by atoms with E-state index in [4.69, 9.17) is 14.2 Å².